The molecule has 1 aliphatic carbocycles. The third kappa shape index (κ3) is 2.89. The maximum absolute atomic E-state index is 12.3. The fourth-order valence-corrected chi connectivity index (χ4v) is 4.20. The predicted molar refractivity (Wildman–Crippen MR) is 106 cm³/mol. The van der Waals surface area contributed by atoms with Crippen molar-refractivity contribution in [1.29, 1.82) is 0 Å². The van der Waals surface area contributed by atoms with E-state index in [1.54, 1.807) is 25.1 Å². The van der Waals surface area contributed by atoms with Gasteiger partial charge in [-0.15, -0.1) is 0 Å². The Balaban J connectivity index is 1.77. The van der Waals surface area contributed by atoms with Crippen LogP contribution in [-0.2, 0) is 0 Å². The van der Waals surface area contributed by atoms with E-state index in [4.69, 9.17) is 0 Å². The van der Waals surface area contributed by atoms with Crippen LogP contribution in [0.3, 0.4) is 0 Å². The molecule has 7 heteroatoms. The third-order valence-electron chi connectivity index (χ3n) is 5.57. The van der Waals surface area contributed by atoms with Gasteiger partial charge in [0.2, 0.25) is 0 Å². The van der Waals surface area contributed by atoms with E-state index in [0.717, 1.165) is 17.7 Å². The van der Waals surface area contributed by atoms with Gasteiger partial charge in [-0.1, -0.05) is 12.2 Å². The molecule has 1 heterocycles. The number of anilines is 1. The highest BCUT2D eigenvalue weighted by atomic mass is 16.6. The molecule has 28 heavy (non-hydrogen) atoms. The molecule has 0 saturated heterocycles. The molecular weight excluding hydrogens is 358 g/mol. The van der Waals surface area contributed by atoms with Gasteiger partial charge in [0.05, 0.1) is 11.0 Å². The highest BCUT2D eigenvalue weighted by Gasteiger charge is 2.39. The van der Waals surface area contributed by atoms with Gasteiger partial charge < -0.3 is 15.3 Å². The molecule has 2 aromatic rings. The summed E-state index contributed by atoms with van der Waals surface area (Å²) in [7, 11) is 3.44. The number of phenols is 1. The maximum Gasteiger partial charge on any atom is 0.270 e. The molecule has 0 radical (unpaired) electrons. The van der Waals surface area contributed by atoms with E-state index >= 15 is 0 Å². The Labute approximate surface area is 162 Å². The van der Waals surface area contributed by atoms with E-state index < -0.39 is 4.92 Å². The summed E-state index contributed by atoms with van der Waals surface area (Å²) < 4.78 is 0. The summed E-state index contributed by atoms with van der Waals surface area (Å²) in [6.45, 7) is 0. The second-order valence-electron chi connectivity index (χ2n) is 7.48. The van der Waals surface area contributed by atoms with Crippen LogP contribution in [0, 0.1) is 16.0 Å². The molecule has 0 fully saturated rings. The number of nitrogens with zero attached hydrogens (tertiary/aromatic N) is 2. The minimum Gasteiger partial charge on any atom is -0.508 e. The van der Waals surface area contributed by atoms with Crippen LogP contribution in [0.2, 0.25) is 0 Å². The first kappa shape index (κ1) is 18.0. The number of carbonyl (C=O) groups is 1. The molecule has 0 saturated carbocycles. The molecule has 2 aromatic carbocycles. The number of hydrogen-bond donors (Lipinski definition) is 2. The van der Waals surface area contributed by atoms with Gasteiger partial charge in [0.15, 0.2) is 0 Å². The molecule has 2 N–H and O–H groups in total. The predicted octanol–water partition coefficient (Wildman–Crippen LogP) is 3.83. The molecule has 4 rings (SSSR count). The van der Waals surface area contributed by atoms with Crippen molar-refractivity contribution < 1.29 is 14.8 Å². The summed E-state index contributed by atoms with van der Waals surface area (Å²) in [5, 5.41) is 25.0. The van der Waals surface area contributed by atoms with E-state index in [1.807, 2.05) is 12.1 Å². The number of hydrogen-bond acceptors (Lipinski definition) is 5. The molecule has 1 amide bonds. The lowest BCUT2D eigenvalue weighted by Crippen LogP contribution is -2.30. The molecule has 2 aliphatic rings. The van der Waals surface area contributed by atoms with E-state index in [1.165, 1.54) is 18.2 Å². The number of allylic oxidation sites excluding steroid dienone is 2. The highest BCUT2D eigenvalue weighted by molar-refractivity contribution is 5.94. The molecule has 0 aromatic heterocycles. The van der Waals surface area contributed by atoms with Crippen LogP contribution < -0.4 is 5.32 Å². The monoisotopic (exact) mass is 379 g/mol. The number of carbonyl (C=O) groups excluding carboxylic acids is 1. The lowest BCUT2D eigenvalue weighted by atomic mass is 9.76. The number of nitro benzene ring substituents is 1. The molecule has 3 atom stereocenters. The number of benzene rings is 2. The van der Waals surface area contributed by atoms with E-state index in [2.05, 4.69) is 17.5 Å². The maximum atomic E-state index is 12.3. The summed E-state index contributed by atoms with van der Waals surface area (Å²) in [6, 6.07) is 9.43. The van der Waals surface area contributed by atoms with Gasteiger partial charge in [0, 0.05) is 49.0 Å². The minimum absolute atomic E-state index is 0.0385. The van der Waals surface area contributed by atoms with Gasteiger partial charge in [-0.2, -0.15) is 0 Å². The van der Waals surface area contributed by atoms with Gasteiger partial charge in [0.1, 0.15) is 5.75 Å². The number of phenolic OH excluding ortho intramolecular Hbond substituents is 1. The molecule has 0 spiro atoms. The normalized spacial score (nSPS) is 22.1. The van der Waals surface area contributed by atoms with Crippen molar-refractivity contribution in [3.8, 4) is 5.75 Å². The SMILES string of the molecule is CN(C)C(=O)c1ccc2c(c1)C1C=CCC1C(c1cc([N+](=O)[O-])ccc1O)N2. The first-order chi connectivity index (χ1) is 13.4. The van der Waals surface area contributed by atoms with Crippen molar-refractivity contribution >= 4 is 17.3 Å². The van der Waals surface area contributed by atoms with Gasteiger partial charge in [-0.05, 0) is 42.2 Å². The van der Waals surface area contributed by atoms with Gasteiger partial charge in [-0.25, -0.2) is 0 Å². The minimum atomic E-state index is -0.455. The number of nitro groups is 1. The van der Waals surface area contributed by atoms with Crippen molar-refractivity contribution in [2.75, 3.05) is 19.4 Å². The number of rotatable bonds is 3. The van der Waals surface area contributed by atoms with Crippen LogP contribution in [-0.4, -0.2) is 34.9 Å². The molecule has 1 aliphatic heterocycles. The van der Waals surface area contributed by atoms with Crippen molar-refractivity contribution in [3.05, 3.63) is 75.4 Å². The second-order valence-corrected chi connectivity index (χ2v) is 7.48. The van der Waals surface area contributed by atoms with Crippen LogP contribution in [0.5, 0.6) is 5.75 Å². The zero-order valence-corrected chi connectivity index (χ0v) is 15.6. The summed E-state index contributed by atoms with van der Waals surface area (Å²) in [5.41, 5.74) is 3.01. The average Bonchev–Trinajstić information content (AvgIpc) is 3.16. The van der Waals surface area contributed by atoms with Crippen LogP contribution in [0.15, 0.2) is 48.6 Å². The van der Waals surface area contributed by atoms with Crippen LogP contribution in [0.4, 0.5) is 11.4 Å². The standard InChI is InChI=1S/C21H21N3O4/c1-23(2)21(26)12-6-8-18-16(10-12)14-4-3-5-15(14)20(22-18)17-11-13(24(27)28)7-9-19(17)25/h3-4,6-11,14-15,20,22,25H,5H2,1-2H3. The zero-order chi connectivity index (χ0) is 20.0. The topological polar surface area (TPSA) is 95.7 Å². The Bertz CT molecular complexity index is 999. The highest BCUT2D eigenvalue weighted by Crippen LogP contribution is 2.51. The molecule has 3 unspecified atom stereocenters. The fraction of sp³-hybridized carbons (Fsp3) is 0.286. The molecule has 0 bridgehead atoms. The Morgan fingerprint density at radius 2 is 2.00 bits per heavy atom. The fourth-order valence-electron chi connectivity index (χ4n) is 4.20. The number of aromatic hydroxyl groups is 1. The summed E-state index contributed by atoms with van der Waals surface area (Å²) >= 11 is 0. The van der Waals surface area contributed by atoms with Crippen molar-refractivity contribution in [1.82, 2.24) is 4.90 Å². The third-order valence-corrected chi connectivity index (χ3v) is 5.57. The smallest absolute Gasteiger partial charge is 0.270 e. The first-order valence-corrected chi connectivity index (χ1v) is 9.13. The summed E-state index contributed by atoms with van der Waals surface area (Å²) in [5.74, 6) is 0.163. The lowest BCUT2D eigenvalue weighted by molar-refractivity contribution is -0.385. The Hall–Kier alpha value is -3.35. The Kier molecular flexibility index (Phi) is 4.30. The molecular formula is C21H21N3O4. The summed E-state index contributed by atoms with van der Waals surface area (Å²) in [4.78, 5) is 24.6. The van der Waals surface area contributed by atoms with Crippen LogP contribution in [0.25, 0.3) is 0 Å². The van der Waals surface area contributed by atoms with Crippen LogP contribution >= 0.6 is 0 Å². The largest absolute Gasteiger partial charge is 0.508 e. The molecule has 144 valence electrons. The zero-order valence-electron chi connectivity index (χ0n) is 15.6. The van der Waals surface area contributed by atoms with E-state index in [9.17, 15) is 20.0 Å². The van der Waals surface area contributed by atoms with E-state index in [0.29, 0.717) is 11.1 Å². The average molecular weight is 379 g/mol. The van der Waals surface area contributed by atoms with Gasteiger partial charge in [-0.3, -0.25) is 14.9 Å². The van der Waals surface area contributed by atoms with Crippen molar-refractivity contribution in [2.45, 2.75) is 18.4 Å². The Morgan fingerprint density at radius 3 is 2.71 bits per heavy atom. The molecule has 7 nitrogen and oxygen atoms in total. The van der Waals surface area contributed by atoms with Crippen molar-refractivity contribution in [3.63, 3.8) is 0 Å². The van der Waals surface area contributed by atoms with Crippen molar-refractivity contribution in [2.24, 2.45) is 5.92 Å². The Morgan fingerprint density at radius 1 is 1.21 bits per heavy atom. The number of nitrogens with one attached hydrogen (secondary N) is 1. The second kappa shape index (κ2) is 6.67. The summed E-state index contributed by atoms with van der Waals surface area (Å²) in [6.07, 6.45) is 5.00. The lowest BCUT2D eigenvalue weighted by Gasteiger charge is -2.37. The quantitative estimate of drug-likeness (QED) is 0.480. The first-order valence-electron chi connectivity index (χ1n) is 9.13. The number of fused-ring (bicyclic) bond motifs is 3. The van der Waals surface area contributed by atoms with Gasteiger partial charge >= 0.3 is 0 Å². The number of amides is 1. The van der Waals surface area contributed by atoms with Crippen LogP contribution in [0.1, 0.15) is 39.9 Å². The van der Waals surface area contributed by atoms with E-state index in [-0.39, 0.29) is 35.2 Å². The van der Waals surface area contributed by atoms with Gasteiger partial charge in [0.25, 0.3) is 11.6 Å². The number of non-ortho nitro benzene ring substituents is 1.